The van der Waals surface area contributed by atoms with Gasteiger partial charge in [-0.1, -0.05) is 17.3 Å². The maximum absolute atomic E-state index is 4.63. The number of aryl methyl sites for hydroxylation is 2. The van der Waals surface area contributed by atoms with Crippen molar-refractivity contribution in [2.24, 2.45) is 0 Å². The predicted octanol–water partition coefficient (Wildman–Crippen LogP) is 2.60. The van der Waals surface area contributed by atoms with Crippen molar-refractivity contribution in [1.82, 2.24) is 49.5 Å². The van der Waals surface area contributed by atoms with Gasteiger partial charge >= 0.3 is 0 Å². The lowest BCUT2D eigenvalue weighted by molar-refractivity contribution is 0.500. The molecule has 0 fully saturated rings. The number of anilines is 2. The first-order valence-corrected chi connectivity index (χ1v) is 10.0. The van der Waals surface area contributed by atoms with E-state index in [9.17, 15) is 0 Å². The third-order valence-corrected chi connectivity index (χ3v) is 5.03. The van der Waals surface area contributed by atoms with Crippen LogP contribution in [0.15, 0.2) is 73.6 Å². The molecule has 1 aromatic carbocycles. The highest BCUT2D eigenvalue weighted by molar-refractivity contribution is 5.81. The number of rotatable bonds is 6. The van der Waals surface area contributed by atoms with Crippen molar-refractivity contribution in [2.75, 3.05) is 5.32 Å². The highest BCUT2D eigenvalue weighted by atomic mass is 15.4. The molecule has 11 nitrogen and oxygen atoms in total. The number of aromatic nitrogens is 10. The summed E-state index contributed by atoms with van der Waals surface area (Å²) in [4.78, 5) is 13.4. The molecular formula is C21H17N11. The van der Waals surface area contributed by atoms with E-state index in [0.717, 1.165) is 28.8 Å². The van der Waals surface area contributed by atoms with E-state index in [-0.39, 0.29) is 0 Å². The van der Waals surface area contributed by atoms with Crippen molar-refractivity contribution in [1.29, 1.82) is 0 Å². The number of fused-ring (bicyclic) bond motifs is 2. The summed E-state index contributed by atoms with van der Waals surface area (Å²) in [6.45, 7) is 1.44. The Morgan fingerprint density at radius 1 is 0.875 bits per heavy atom. The first kappa shape index (κ1) is 18.1. The van der Waals surface area contributed by atoms with Crippen molar-refractivity contribution >= 4 is 33.7 Å². The Hall–Kier alpha value is -4.67. The normalized spacial score (nSPS) is 11.4. The van der Waals surface area contributed by atoms with E-state index >= 15 is 0 Å². The first-order valence-electron chi connectivity index (χ1n) is 10.0. The zero-order chi connectivity index (χ0) is 21.3. The van der Waals surface area contributed by atoms with Crippen LogP contribution in [0.25, 0.3) is 27.8 Å². The summed E-state index contributed by atoms with van der Waals surface area (Å²) in [5, 5.41) is 21.3. The Bertz CT molecular complexity index is 1510. The third-order valence-electron chi connectivity index (χ3n) is 5.03. The second kappa shape index (κ2) is 7.54. The summed E-state index contributed by atoms with van der Waals surface area (Å²) >= 11 is 0. The van der Waals surface area contributed by atoms with E-state index < -0.39 is 0 Å². The van der Waals surface area contributed by atoms with Gasteiger partial charge in [0.2, 0.25) is 5.95 Å². The minimum absolute atomic E-state index is 0.437. The van der Waals surface area contributed by atoms with E-state index in [4.69, 9.17) is 0 Å². The molecule has 0 aliphatic rings. The second-order valence-corrected chi connectivity index (χ2v) is 7.17. The number of hydrogen-bond acceptors (Lipinski definition) is 8. The molecule has 0 spiro atoms. The molecule has 6 aromatic rings. The fraction of sp³-hybridized carbons (Fsp3) is 0.0952. The number of pyridine rings is 1. The molecule has 5 aromatic heterocycles. The average Bonchev–Trinajstić information content (AvgIpc) is 3.58. The Morgan fingerprint density at radius 2 is 1.84 bits per heavy atom. The van der Waals surface area contributed by atoms with Crippen LogP contribution in [0.3, 0.4) is 0 Å². The molecule has 0 bridgehead atoms. The van der Waals surface area contributed by atoms with Gasteiger partial charge in [0.15, 0.2) is 11.2 Å². The maximum Gasteiger partial charge on any atom is 0.229 e. The zero-order valence-corrected chi connectivity index (χ0v) is 16.8. The van der Waals surface area contributed by atoms with Gasteiger partial charge in [0.05, 0.1) is 42.4 Å². The topological polar surface area (TPSA) is 117 Å². The molecule has 11 heteroatoms. The summed E-state index contributed by atoms with van der Waals surface area (Å²) in [5.41, 5.74) is 3.70. The van der Waals surface area contributed by atoms with Gasteiger partial charge in [-0.15, -0.1) is 5.10 Å². The molecule has 1 N–H and O–H groups in total. The summed E-state index contributed by atoms with van der Waals surface area (Å²) in [5.74, 6) is 0.437. The largest absolute Gasteiger partial charge is 0.321 e. The number of hydrogen-bond donors (Lipinski definition) is 1. The lowest BCUT2D eigenvalue weighted by Gasteiger charge is -2.05. The van der Waals surface area contributed by atoms with E-state index in [1.54, 1.807) is 29.5 Å². The molecule has 0 atom stereocenters. The van der Waals surface area contributed by atoms with Crippen molar-refractivity contribution in [3.8, 4) is 5.69 Å². The van der Waals surface area contributed by atoms with Crippen LogP contribution in [-0.4, -0.2) is 49.5 Å². The van der Waals surface area contributed by atoms with Crippen LogP contribution in [0, 0.1) is 0 Å². The molecule has 0 unspecified atom stereocenters. The highest BCUT2D eigenvalue weighted by Crippen LogP contribution is 2.20. The standard InChI is InChI=1S/C21H17N11/c1-3-15-4-5-17(11-18(15)22-6-1)32-20-19(28-29-32)13-23-21(27-20)26-16-12-25-31(14-16)10-9-30-8-2-7-24-30/h1-8,11-14H,9-10H2,(H,23,26,27). The summed E-state index contributed by atoms with van der Waals surface area (Å²) in [6.07, 6.45) is 10.7. The molecule has 6 rings (SSSR count). The molecule has 0 amide bonds. The SMILES string of the molecule is c1cnc2cc(-n3nnc4cnc(Nc5cnn(CCn6cccn6)c5)nc43)ccc2c1. The molecule has 0 aliphatic heterocycles. The lowest BCUT2D eigenvalue weighted by atomic mass is 10.2. The Kier molecular flexibility index (Phi) is 4.27. The van der Waals surface area contributed by atoms with Crippen LogP contribution >= 0.6 is 0 Å². The Labute approximate surface area is 181 Å². The molecule has 156 valence electrons. The van der Waals surface area contributed by atoms with Gasteiger partial charge in [0.1, 0.15) is 0 Å². The van der Waals surface area contributed by atoms with Gasteiger partial charge in [0.25, 0.3) is 0 Å². The molecule has 0 saturated heterocycles. The van der Waals surface area contributed by atoms with Crippen LogP contribution in [0.2, 0.25) is 0 Å². The second-order valence-electron chi connectivity index (χ2n) is 7.17. The van der Waals surface area contributed by atoms with Gasteiger partial charge in [-0.3, -0.25) is 14.3 Å². The fourth-order valence-electron chi connectivity index (χ4n) is 3.47. The minimum Gasteiger partial charge on any atom is -0.321 e. The summed E-state index contributed by atoms with van der Waals surface area (Å²) < 4.78 is 5.39. The monoisotopic (exact) mass is 423 g/mol. The molecule has 32 heavy (non-hydrogen) atoms. The molecule has 0 saturated carbocycles. The Balaban J connectivity index is 1.26. The van der Waals surface area contributed by atoms with Crippen molar-refractivity contribution in [2.45, 2.75) is 13.1 Å². The summed E-state index contributed by atoms with van der Waals surface area (Å²) in [7, 11) is 0. The minimum atomic E-state index is 0.437. The van der Waals surface area contributed by atoms with E-state index in [0.29, 0.717) is 23.7 Å². The van der Waals surface area contributed by atoms with Crippen molar-refractivity contribution < 1.29 is 0 Å². The van der Waals surface area contributed by atoms with Gasteiger partial charge in [-0.05, 0) is 24.3 Å². The number of nitrogens with zero attached hydrogens (tertiary/aromatic N) is 10. The van der Waals surface area contributed by atoms with Crippen LogP contribution < -0.4 is 5.32 Å². The van der Waals surface area contributed by atoms with Crippen molar-refractivity contribution in [3.63, 3.8) is 0 Å². The van der Waals surface area contributed by atoms with Crippen LogP contribution in [-0.2, 0) is 13.1 Å². The fourth-order valence-corrected chi connectivity index (χ4v) is 3.47. The smallest absolute Gasteiger partial charge is 0.229 e. The first-order chi connectivity index (χ1) is 15.8. The lowest BCUT2D eigenvalue weighted by Crippen LogP contribution is -2.07. The molecule has 0 radical (unpaired) electrons. The van der Waals surface area contributed by atoms with Gasteiger partial charge < -0.3 is 5.32 Å². The number of benzene rings is 1. The van der Waals surface area contributed by atoms with Crippen LogP contribution in [0.1, 0.15) is 0 Å². The van der Waals surface area contributed by atoms with Crippen LogP contribution in [0.5, 0.6) is 0 Å². The molecule has 0 aliphatic carbocycles. The van der Waals surface area contributed by atoms with Gasteiger partial charge in [0, 0.05) is 30.2 Å². The maximum atomic E-state index is 4.63. The van der Waals surface area contributed by atoms with E-state index in [1.165, 1.54) is 0 Å². The highest BCUT2D eigenvalue weighted by Gasteiger charge is 2.11. The van der Waals surface area contributed by atoms with Gasteiger partial charge in [-0.25, -0.2) is 4.98 Å². The quantitative estimate of drug-likeness (QED) is 0.434. The van der Waals surface area contributed by atoms with Crippen molar-refractivity contribution in [3.05, 3.63) is 73.6 Å². The summed E-state index contributed by atoms with van der Waals surface area (Å²) in [6, 6.07) is 11.8. The van der Waals surface area contributed by atoms with E-state index in [2.05, 4.69) is 40.8 Å². The number of nitrogens with one attached hydrogen (secondary N) is 1. The zero-order valence-electron chi connectivity index (χ0n) is 16.8. The van der Waals surface area contributed by atoms with E-state index in [1.807, 2.05) is 58.2 Å². The Morgan fingerprint density at radius 3 is 2.78 bits per heavy atom. The molecule has 5 heterocycles. The molecular weight excluding hydrogens is 406 g/mol. The third kappa shape index (κ3) is 3.41. The average molecular weight is 423 g/mol. The van der Waals surface area contributed by atoms with Crippen LogP contribution in [0.4, 0.5) is 11.6 Å². The predicted molar refractivity (Wildman–Crippen MR) is 117 cm³/mol. The van der Waals surface area contributed by atoms with Gasteiger partial charge in [-0.2, -0.15) is 19.9 Å².